The summed E-state index contributed by atoms with van der Waals surface area (Å²) >= 11 is 3.69. The third-order valence-electron chi connectivity index (χ3n) is 4.05. The van der Waals surface area contributed by atoms with Crippen LogP contribution >= 0.6 is 15.9 Å². The van der Waals surface area contributed by atoms with Gasteiger partial charge < -0.3 is 10.1 Å². The lowest BCUT2D eigenvalue weighted by atomic mass is 9.89. The van der Waals surface area contributed by atoms with Crippen LogP contribution in [0.3, 0.4) is 0 Å². The first-order valence-electron chi connectivity index (χ1n) is 7.10. The van der Waals surface area contributed by atoms with E-state index < -0.39 is 0 Å². The number of nitrogens with zero attached hydrogens (tertiary/aromatic N) is 1. The highest BCUT2D eigenvalue weighted by atomic mass is 79.9. The van der Waals surface area contributed by atoms with E-state index in [1.54, 1.807) is 0 Å². The number of halogens is 1. The third-order valence-corrected chi connectivity index (χ3v) is 4.68. The lowest BCUT2D eigenvalue weighted by molar-refractivity contribution is 0.0540. The molecule has 1 fully saturated rings. The second-order valence-electron chi connectivity index (χ2n) is 5.26. The zero-order chi connectivity index (χ0) is 13.9. The predicted octanol–water partition coefficient (Wildman–Crippen LogP) is 3.68. The Bertz CT molecular complexity index is 596. The van der Waals surface area contributed by atoms with E-state index in [1.165, 1.54) is 5.39 Å². The fraction of sp³-hybridized carbons (Fsp3) is 0.438. The third kappa shape index (κ3) is 2.73. The van der Waals surface area contributed by atoms with Crippen LogP contribution in [0.4, 0.5) is 0 Å². The summed E-state index contributed by atoms with van der Waals surface area (Å²) in [7, 11) is 2.02. The molecule has 0 bridgehead atoms. The second kappa shape index (κ2) is 6.20. The Kier molecular flexibility index (Phi) is 4.34. The van der Waals surface area contributed by atoms with Crippen LogP contribution in [0.15, 0.2) is 34.8 Å². The fourth-order valence-electron chi connectivity index (χ4n) is 2.97. The van der Waals surface area contributed by atoms with Crippen molar-refractivity contribution in [2.75, 3.05) is 20.3 Å². The number of hydrogen-bond donors (Lipinski definition) is 1. The molecule has 1 aromatic carbocycles. The standard InChI is InChI=1S/C16H19BrN2O/c1-18-15(11-6-8-20-9-7-11)16-13(17)10-12-4-2-3-5-14(12)19-16/h2-5,10-11,15,18H,6-9H2,1H3. The molecule has 106 valence electrons. The molecule has 1 saturated heterocycles. The molecule has 0 aliphatic carbocycles. The number of hydrogen-bond acceptors (Lipinski definition) is 3. The van der Waals surface area contributed by atoms with Gasteiger partial charge >= 0.3 is 0 Å². The molecule has 0 radical (unpaired) electrons. The number of aromatic nitrogens is 1. The monoisotopic (exact) mass is 334 g/mol. The molecule has 2 aromatic rings. The van der Waals surface area contributed by atoms with Crippen molar-refractivity contribution < 1.29 is 4.74 Å². The lowest BCUT2D eigenvalue weighted by Gasteiger charge is -2.30. The highest BCUT2D eigenvalue weighted by molar-refractivity contribution is 9.10. The van der Waals surface area contributed by atoms with Gasteiger partial charge in [-0.25, -0.2) is 4.98 Å². The Hall–Kier alpha value is -0.970. The highest BCUT2D eigenvalue weighted by Crippen LogP contribution is 2.34. The number of pyridine rings is 1. The molecule has 0 spiro atoms. The van der Waals surface area contributed by atoms with Crippen LogP contribution in [0.1, 0.15) is 24.6 Å². The first-order chi connectivity index (χ1) is 9.79. The normalized spacial score (nSPS) is 18.3. The van der Waals surface area contributed by atoms with Gasteiger partial charge in [-0.3, -0.25) is 0 Å². The summed E-state index contributed by atoms with van der Waals surface area (Å²) in [4.78, 5) is 4.87. The molecular formula is C16H19BrN2O. The van der Waals surface area contributed by atoms with Gasteiger partial charge in [0.15, 0.2) is 0 Å². The van der Waals surface area contributed by atoms with E-state index in [9.17, 15) is 0 Å². The van der Waals surface area contributed by atoms with Crippen molar-refractivity contribution >= 4 is 26.8 Å². The summed E-state index contributed by atoms with van der Waals surface area (Å²) in [6, 6.07) is 10.7. The Balaban J connectivity index is 1.99. The van der Waals surface area contributed by atoms with E-state index in [0.717, 1.165) is 41.7 Å². The maximum Gasteiger partial charge on any atom is 0.0725 e. The summed E-state index contributed by atoms with van der Waals surface area (Å²) in [6.07, 6.45) is 2.18. The van der Waals surface area contributed by atoms with Gasteiger partial charge in [0.05, 0.1) is 17.3 Å². The highest BCUT2D eigenvalue weighted by Gasteiger charge is 2.27. The predicted molar refractivity (Wildman–Crippen MR) is 84.8 cm³/mol. The van der Waals surface area contributed by atoms with Gasteiger partial charge in [-0.05, 0) is 53.9 Å². The van der Waals surface area contributed by atoms with Crippen LogP contribution in [0.25, 0.3) is 10.9 Å². The lowest BCUT2D eigenvalue weighted by Crippen LogP contribution is -2.31. The molecule has 1 aliphatic rings. The molecule has 0 saturated carbocycles. The zero-order valence-electron chi connectivity index (χ0n) is 11.6. The van der Waals surface area contributed by atoms with E-state index in [-0.39, 0.29) is 6.04 Å². The maximum absolute atomic E-state index is 5.47. The summed E-state index contributed by atoms with van der Waals surface area (Å²) in [5, 5.41) is 4.62. The van der Waals surface area contributed by atoms with Gasteiger partial charge in [0, 0.05) is 23.1 Å². The zero-order valence-corrected chi connectivity index (χ0v) is 13.2. The first-order valence-corrected chi connectivity index (χ1v) is 7.89. The van der Waals surface area contributed by atoms with Crippen molar-refractivity contribution in [3.8, 4) is 0 Å². The molecule has 1 atom stereocenters. The van der Waals surface area contributed by atoms with Crippen molar-refractivity contribution in [1.82, 2.24) is 10.3 Å². The minimum atomic E-state index is 0.276. The summed E-state index contributed by atoms with van der Waals surface area (Å²) in [5.74, 6) is 0.582. The molecule has 4 heteroatoms. The van der Waals surface area contributed by atoms with Crippen LogP contribution in [0.2, 0.25) is 0 Å². The van der Waals surface area contributed by atoms with Crippen LogP contribution in [-0.4, -0.2) is 25.2 Å². The minimum absolute atomic E-state index is 0.276. The number of fused-ring (bicyclic) bond motifs is 1. The number of ether oxygens (including phenoxy) is 1. The largest absolute Gasteiger partial charge is 0.381 e. The van der Waals surface area contributed by atoms with Crippen molar-refractivity contribution in [3.63, 3.8) is 0 Å². The van der Waals surface area contributed by atoms with Crippen LogP contribution in [0, 0.1) is 5.92 Å². The average Bonchev–Trinajstić information content (AvgIpc) is 2.49. The Morgan fingerprint density at radius 3 is 2.80 bits per heavy atom. The molecule has 0 amide bonds. The van der Waals surface area contributed by atoms with Crippen LogP contribution in [-0.2, 0) is 4.74 Å². The van der Waals surface area contributed by atoms with E-state index >= 15 is 0 Å². The SMILES string of the molecule is CNC(c1nc2ccccc2cc1Br)C1CCOCC1. The summed E-state index contributed by atoms with van der Waals surface area (Å²) in [6.45, 7) is 1.71. The topological polar surface area (TPSA) is 34.2 Å². The fourth-order valence-corrected chi connectivity index (χ4v) is 3.55. The van der Waals surface area contributed by atoms with Gasteiger partial charge in [0.1, 0.15) is 0 Å². The summed E-state index contributed by atoms with van der Waals surface area (Å²) < 4.78 is 6.56. The van der Waals surface area contributed by atoms with Crippen molar-refractivity contribution in [2.24, 2.45) is 5.92 Å². The van der Waals surface area contributed by atoms with E-state index in [1.807, 2.05) is 19.2 Å². The van der Waals surface area contributed by atoms with Crippen molar-refractivity contribution in [1.29, 1.82) is 0 Å². The first kappa shape index (κ1) is 14.0. The molecular weight excluding hydrogens is 316 g/mol. The Labute approximate surface area is 127 Å². The smallest absolute Gasteiger partial charge is 0.0725 e. The molecule has 3 nitrogen and oxygen atoms in total. The second-order valence-corrected chi connectivity index (χ2v) is 6.12. The van der Waals surface area contributed by atoms with Gasteiger partial charge in [0.25, 0.3) is 0 Å². The quantitative estimate of drug-likeness (QED) is 0.929. The number of para-hydroxylation sites is 1. The van der Waals surface area contributed by atoms with E-state index in [4.69, 9.17) is 9.72 Å². The number of rotatable bonds is 3. The average molecular weight is 335 g/mol. The van der Waals surface area contributed by atoms with Gasteiger partial charge in [0.2, 0.25) is 0 Å². The summed E-state index contributed by atoms with van der Waals surface area (Å²) in [5.41, 5.74) is 2.16. The van der Waals surface area contributed by atoms with Crippen molar-refractivity contribution in [2.45, 2.75) is 18.9 Å². The maximum atomic E-state index is 5.47. The van der Waals surface area contributed by atoms with Gasteiger partial charge in [-0.1, -0.05) is 18.2 Å². The van der Waals surface area contributed by atoms with E-state index in [2.05, 4.69) is 39.4 Å². The van der Waals surface area contributed by atoms with Crippen LogP contribution in [0.5, 0.6) is 0 Å². The molecule has 2 heterocycles. The Morgan fingerprint density at radius 2 is 2.05 bits per heavy atom. The van der Waals surface area contributed by atoms with Gasteiger partial charge in [-0.2, -0.15) is 0 Å². The molecule has 1 N–H and O–H groups in total. The van der Waals surface area contributed by atoms with E-state index in [0.29, 0.717) is 5.92 Å². The van der Waals surface area contributed by atoms with Gasteiger partial charge in [-0.15, -0.1) is 0 Å². The minimum Gasteiger partial charge on any atom is -0.381 e. The van der Waals surface area contributed by atoms with Crippen LogP contribution < -0.4 is 5.32 Å². The molecule has 1 aromatic heterocycles. The molecule has 20 heavy (non-hydrogen) atoms. The van der Waals surface area contributed by atoms with Crippen molar-refractivity contribution in [3.05, 3.63) is 40.5 Å². The molecule has 1 aliphatic heterocycles. The number of nitrogens with one attached hydrogen (secondary N) is 1. The Morgan fingerprint density at radius 1 is 1.30 bits per heavy atom. The molecule has 3 rings (SSSR count). The number of benzene rings is 1. The molecule has 1 unspecified atom stereocenters.